The maximum absolute atomic E-state index is 8.94. The summed E-state index contributed by atoms with van der Waals surface area (Å²) in [5, 5.41) is 8.94. The van der Waals surface area contributed by atoms with Gasteiger partial charge in [-0.25, -0.2) is 0 Å². The minimum atomic E-state index is 0.711. The van der Waals surface area contributed by atoms with E-state index in [1.807, 2.05) is 12.1 Å². The first-order valence-corrected chi connectivity index (χ1v) is 11.4. The molecule has 2 fully saturated rings. The van der Waals surface area contributed by atoms with Gasteiger partial charge in [-0.15, -0.1) is 0 Å². The Hall–Kier alpha value is -1.55. The van der Waals surface area contributed by atoms with E-state index >= 15 is 0 Å². The fraction of sp³-hybridized carbons (Fsp3) is 0.654. The molecule has 146 valence electrons. The molecule has 2 aliphatic carbocycles. The molecule has 2 saturated carbocycles. The van der Waals surface area contributed by atoms with Crippen LogP contribution in [0.2, 0.25) is 0 Å². The van der Waals surface area contributed by atoms with Crippen LogP contribution in [0.4, 0.5) is 0 Å². The lowest BCUT2D eigenvalue weighted by Gasteiger charge is -2.29. The van der Waals surface area contributed by atoms with Crippen LogP contribution in [0.1, 0.15) is 101 Å². The van der Waals surface area contributed by atoms with Crippen molar-refractivity contribution in [3.05, 3.63) is 47.5 Å². The average molecular weight is 364 g/mol. The molecule has 0 atom stereocenters. The highest BCUT2D eigenvalue weighted by molar-refractivity contribution is 5.33. The SMILES string of the molecule is CCCC1CCC(/C=C/CCC2CCC(c3ccc(C#N)cc3)CC2)CC1. The number of hydrogen-bond acceptors (Lipinski definition) is 1. The summed E-state index contributed by atoms with van der Waals surface area (Å²) in [6, 6.07) is 10.5. The van der Waals surface area contributed by atoms with Gasteiger partial charge in [-0.1, -0.05) is 44.1 Å². The lowest BCUT2D eigenvalue weighted by molar-refractivity contribution is 0.293. The van der Waals surface area contributed by atoms with E-state index in [4.69, 9.17) is 5.26 Å². The summed E-state index contributed by atoms with van der Waals surface area (Å²) in [5.74, 6) is 3.52. The number of rotatable bonds is 7. The van der Waals surface area contributed by atoms with Crippen molar-refractivity contribution in [3.8, 4) is 6.07 Å². The molecule has 0 radical (unpaired) electrons. The van der Waals surface area contributed by atoms with E-state index in [2.05, 4.69) is 37.3 Å². The van der Waals surface area contributed by atoms with E-state index in [0.29, 0.717) is 5.92 Å². The second-order valence-electron chi connectivity index (χ2n) is 9.03. The Morgan fingerprint density at radius 3 is 2.15 bits per heavy atom. The minimum absolute atomic E-state index is 0.711. The molecule has 0 aliphatic heterocycles. The molecule has 0 spiro atoms. The van der Waals surface area contributed by atoms with Crippen LogP contribution >= 0.6 is 0 Å². The summed E-state index contributed by atoms with van der Waals surface area (Å²) >= 11 is 0. The molecule has 1 aromatic rings. The maximum atomic E-state index is 8.94. The number of nitrogens with zero attached hydrogens (tertiary/aromatic N) is 1. The largest absolute Gasteiger partial charge is 0.192 e. The van der Waals surface area contributed by atoms with Gasteiger partial charge >= 0.3 is 0 Å². The number of allylic oxidation sites excluding steroid dienone is 2. The lowest BCUT2D eigenvalue weighted by Crippen LogP contribution is -2.13. The van der Waals surface area contributed by atoms with E-state index in [1.54, 1.807) is 0 Å². The van der Waals surface area contributed by atoms with E-state index in [-0.39, 0.29) is 0 Å². The van der Waals surface area contributed by atoms with Gasteiger partial charge < -0.3 is 0 Å². The van der Waals surface area contributed by atoms with Crippen LogP contribution in [-0.4, -0.2) is 0 Å². The Labute approximate surface area is 166 Å². The third-order valence-electron chi connectivity index (χ3n) is 7.10. The normalized spacial score (nSPS) is 28.9. The standard InChI is InChI=1S/C26H37N/c1-2-5-21-8-10-22(11-9-21)6-3-4-7-23-12-16-25(17-13-23)26-18-14-24(20-27)15-19-26/h3,6,14-15,18-19,21-23,25H,2,4-5,7-13,16-17H2,1H3/b6-3+. The quantitative estimate of drug-likeness (QED) is 0.454. The van der Waals surface area contributed by atoms with Crippen molar-refractivity contribution in [1.82, 2.24) is 0 Å². The summed E-state index contributed by atoms with van der Waals surface area (Å²) < 4.78 is 0. The van der Waals surface area contributed by atoms with E-state index in [9.17, 15) is 0 Å². The smallest absolute Gasteiger partial charge is 0.0991 e. The molecule has 1 heteroatoms. The Morgan fingerprint density at radius 1 is 0.889 bits per heavy atom. The minimum Gasteiger partial charge on any atom is -0.192 e. The Morgan fingerprint density at radius 2 is 1.52 bits per heavy atom. The molecule has 0 amide bonds. The molecule has 0 unspecified atom stereocenters. The molecule has 0 bridgehead atoms. The van der Waals surface area contributed by atoms with E-state index < -0.39 is 0 Å². The Kier molecular flexibility index (Phi) is 8.00. The molecule has 0 heterocycles. The van der Waals surface area contributed by atoms with Crippen molar-refractivity contribution < 1.29 is 0 Å². The van der Waals surface area contributed by atoms with Crippen LogP contribution in [0.3, 0.4) is 0 Å². The highest BCUT2D eigenvalue weighted by Crippen LogP contribution is 2.38. The zero-order chi connectivity index (χ0) is 18.9. The van der Waals surface area contributed by atoms with Gasteiger partial charge in [0.25, 0.3) is 0 Å². The zero-order valence-electron chi connectivity index (χ0n) is 17.2. The van der Waals surface area contributed by atoms with Gasteiger partial charge in [0.15, 0.2) is 0 Å². The molecule has 0 N–H and O–H groups in total. The highest BCUT2D eigenvalue weighted by atomic mass is 14.3. The van der Waals surface area contributed by atoms with Crippen LogP contribution in [0.15, 0.2) is 36.4 Å². The van der Waals surface area contributed by atoms with Gasteiger partial charge in [-0.05, 0) is 106 Å². The summed E-state index contributed by atoms with van der Waals surface area (Å²) in [6.45, 7) is 2.32. The summed E-state index contributed by atoms with van der Waals surface area (Å²) in [4.78, 5) is 0. The first-order valence-electron chi connectivity index (χ1n) is 11.4. The first kappa shape index (κ1) is 20.2. The third kappa shape index (κ3) is 6.24. The van der Waals surface area contributed by atoms with E-state index in [0.717, 1.165) is 23.3 Å². The molecule has 1 aromatic carbocycles. The third-order valence-corrected chi connectivity index (χ3v) is 7.10. The van der Waals surface area contributed by atoms with Gasteiger partial charge in [-0.2, -0.15) is 5.26 Å². The second-order valence-corrected chi connectivity index (χ2v) is 9.03. The molecule has 0 aromatic heterocycles. The van der Waals surface area contributed by atoms with Crippen LogP contribution in [-0.2, 0) is 0 Å². The Balaban J connectivity index is 1.32. The first-order chi connectivity index (χ1) is 13.3. The molecular weight excluding hydrogens is 326 g/mol. The Bertz CT molecular complexity index is 605. The van der Waals surface area contributed by atoms with Crippen molar-refractivity contribution in [1.29, 1.82) is 5.26 Å². The lowest BCUT2D eigenvalue weighted by atomic mass is 9.77. The molecule has 0 saturated heterocycles. The van der Waals surface area contributed by atoms with Crippen LogP contribution in [0.5, 0.6) is 0 Å². The molecule has 27 heavy (non-hydrogen) atoms. The van der Waals surface area contributed by atoms with Crippen molar-refractivity contribution in [3.63, 3.8) is 0 Å². The van der Waals surface area contributed by atoms with Gasteiger partial charge in [0.2, 0.25) is 0 Å². The number of benzene rings is 1. The molecule has 1 nitrogen and oxygen atoms in total. The summed E-state index contributed by atoms with van der Waals surface area (Å²) in [6.07, 6.45) is 21.7. The predicted octanol–water partition coefficient (Wildman–Crippen LogP) is 7.77. The van der Waals surface area contributed by atoms with Crippen LogP contribution in [0.25, 0.3) is 0 Å². The van der Waals surface area contributed by atoms with Gasteiger partial charge in [0.1, 0.15) is 0 Å². The highest BCUT2D eigenvalue weighted by Gasteiger charge is 2.22. The number of hydrogen-bond donors (Lipinski definition) is 0. The monoisotopic (exact) mass is 363 g/mol. The second kappa shape index (κ2) is 10.7. The molecular formula is C26H37N. The number of nitriles is 1. The summed E-state index contributed by atoms with van der Waals surface area (Å²) in [5.41, 5.74) is 2.21. The average Bonchev–Trinajstić information content (AvgIpc) is 2.73. The van der Waals surface area contributed by atoms with Gasteiger partial charge in [0.05, 0.1) is 11.6 Å². The van der Waals surface area contributed by atoms with Crippen molar-refractivity contribution in [2.45, 2.75) is 89.9 Å². The van der Waals surface area contributed by atoms with Crippen molar-refractivity contribution in [2.24, 2.45) is 17.8 Å². The van der Waals surface area contributed by atoms with Crippen molar-refractivity contribution >= 4 is 0 Å². The van der Waals surface area contributed by atoms with Gasteiger partial charge in [-0.3, -0.25) is 0 Å². The predicted molar refractivity (Wildman–Crippen MR) is 115 cm³/mol. The maximum Gasteiger partial charge on any atom is 0.0991 e. The molecule has 2 aliphatic rings. The fourth-order valence-corrected chi connectivity index (χ4v) is 5.31. The van der Waals surface area contributed by atoms with Crippen LogP contribution in [0, 0.1) is 29.1 Å². The van der Waals surface area contributed by atoms with Crippen molar-refractivity contribution in [2.75, 3.05) is 0 Å². The molecule has 3 rings (SSSR count). The van der Waals surface area contributed by atoms with E-state index in [1.165, 1.54) is 82.6 Å². The summed E-state index contributed by atoms with van der Waals surface area (Å²) in [7, 11) is 0. The zero-order valence-corrected chi connectivity index (χ0v) is 17.2. The van der Waals surface area contributed by atoms with Gasteiger partial charge in [0, 0.05) is 0 Å². The fourth-order valence-electron chi connectivity index (χ4n) is 5.31. The van der Waals surface area contributed by atoms with Crippen LogP contribution < -0.4 is 0 Å². The topological polar surface area (TPSA) is 23.8 Å².